The number of aromatic nitrogens is 1. The van der Waals surface area contributed by atoms with Gasteiger partial charge < -0.3 is 4.57 Å². The first-order valence-corrected chi connectivity index (χ1v) is 9.38. The van der Waals surface area contributed by atoms with E-state index in [4.69, 9.17) is 0 Å². The maximum Gasteiger partial charge on any atom is 0.0641 e. The molecule has 3 aromatic rings. The first-order chi connectivity index (χ1) is 12.0. The van der Waals surface area contributed by atoms with Crippen molar-refractivity contribution in [2.24, 2.45) is 4.99 Å². The summed E-state index contributed by atoms with van der Waals surface area (Å²) in [4.78, 5) is 4.64. The molecule has 0 aliphatic heterocycles. The fraction of sp³-hybridized carbons (Fsp3) is 0.227. The standard InChI is InChI=1S/C22H23BrN2/c1-5-18-9-6-8-15(2)22(18)25-16(3)12-19(17(25)4)14-24-21-11-7-10-20(23)13-21/h6-14H,5H2,1-4H3. The number of hydrogen-bond acceptors (Lipinski definition) is 1. The molecule has 0 unspecified atom stereocenters. The Morgan fingerprint density at radius 1 is 1.04 bits per heavy atom. The summed E-state index contributed by atoms with van der Waals surface area (Å²) in [5, 5.41) is 0. The Labute approximate surface area is 158 Å². The smallest absolute Gasteiger partial charge is 0.0641 e. The van der Waals surface area contributed by atoms with E-state index in [-0.39, 0.29) is 0 Å². The van der Waals surface area contributed by atoms with E-state index in [0.29, 0.717) is 0 Å². The summed E-state index contributed by atoms with van der Waals surface area (Å²) in [6, 6.07) is 16.8. The minimum Gasteiger partial charge on any atom is -0.317 e. The highest BCUT2D eigenvalue weighted by Crippen LogP contribution is 2.27. The van der Waals surface area contributed by atoms with Crippen molar-refractivity contribution in [1.82, 2.24) is 4.57 Å². The number of aryl methyl sites for hydroxylation is 3. The topological polar surface area (TPSA) is 17.3 Å². The van der Waals surface area contributed by atoms with Crippen LogP contribution in [-0.4, -0.2) is 10.8 Å². The van der Waals surface area contributed by atoms with E-state index in [2.05, 4.69) is 77.4 Å². The van der Waals surface area contributed by atoms with Crippen molar-refractivity contribution >= 4 is 27.8 Å². The highest BCUT2D eigenvalue weighted by molar-refractivity contribution is 9.10. The van der Waals surface area contributed by atoms with Crippen LogP contribution >= 0.6 is 15.9 Å². The molecule has 0 saturated heterocycles. The molecule has 2 aromatic carbocycles. The SMILES string of the molecule is CCc1cccc(C)c1-n1c(C)cc(C=Nc2cccc(Br)c2)c1C. The van der Waals surface area contributed by atoms with Crippen LogP contribution in [0.5, 0.6) is 0 Å². The predicted molar refractivity (Wildman–Crippen MR) is 111 cm³/mol. The first-order valence-electron chi connectivity index (χ1n) is 8.58. The van der Waals surface area contributed by atoms with Crippen LogP contribution in [0.4, 0.5) is 5.69 Å². The molecule has 3 heteroatoms. The largest absolute Gasteiger partial charge is 0.317 e. The van der Waals surface area contributed by atoms with Crippen molar-refractivity contribution in [1.29, 1.82) is 0 Å². The Morgan fingerprint density at radius 2 is 1.80 bits per heavy atom. The van der Waals surface area contributed by atoms with Crippen LogP contribution in [0.2, 0.25) is 0 Å². The second-order valence-electron chi connectivity index (χ2n) is 6.34. The lowest BCUT2D eigenvalue weighted by Crippen LogP contribution is -2.05. The zero-order valence-electron chi connectivity index (χ0n) is 15.2. The Hall–Kier alpha value is -2.13. The van der Waals surface area contributed by atoms with Crippen LogP contribution in [0.15, 0.2) is 58.0 Å². The molecule has 0 aliphatic rings. The van der Waals surface area contributed by atoms with Crippen LogP contribution < -0.4 is 0 Å². The number of hydrogen-bond donors (Lipinski definition) is 0. The van der Waals surface area contributed by atoms with Gasteiger partial charge in [-0.1, -0.05) is 47.1 Å². The van der Waals surface area contributed by atoms with Crippen LogP contribution in [0.3, 0.4) is 0 Å². The van der Waals surface area contributed by atoms with Gasteiger partial charge in [-0.3, -0.25) is 4.99 Å². The van der Waals surface area contributed by atoms with Gasteiger partial charge in [-0.05, 0) is 62.6 Å². The summed E-state index contributed by atoms with van der Waals surface area (Å²) in [5.74, 6) is 0. The Morgan fingerprint density at radius 3 is 2.52 bits per heavy atom. The van der Waals surface area contributed by atoms with Crippen molar-refractivity contribution in [2.45, 2.75) is 34.1 Å². The van der Waals surface area contributed by atoms with Gasteiger partial charge in [0, 0.05) is 27.6 Å². The van der Waals surface area contributed by atoms with Crippen LogP contribution in [0.1, 0.15) is 35.0 Å². The molecule has 0 aliphatic carbocycles. The second kappa shape index (κ2) is 7.40. The average Bonchev–Trinajstić information content (AvgIpc) is 2.87. The molecule has 0 fully saturated rings. The van der Waals surface area contributed by atoms with E-state index in [0.717, 1.165) is 22.1 Å². The van der Waals surface area contributed by atoms with Gasteiger partial charge in [-0.2, -0.15) is 0 Å². The van der Waals surface area contributed by atoms with Crippen molar-refractivity contribution in [2.75, 3.05) is 0 Å². The zero-order chi connectivity index (χ0) is 18.0. The molecule has 1 heterocycles. The number of halogens is 1. The van der Waals surface area contributed by atoms with Crippen LogP contribution in [0, 0.1) is 20.8 Å². The van der Waals surface area contributed by atoms with Gasteiger partial charge >= 0.3 is 0 Å². The summed E-state index contributed by atoms with van der Waals surface area (Å²) in [6.07, 6.45) is 2.99. The summed E-state index contributed by atoms with van der Waals surface area (Å²) in [7, 11) is 0. The Bertz CT molecular complexity index is 935. The quantitative estimate of drug-likeness (QED) is 0.450. The van der Waals surface area contributed by atoms with Gasteiger partial charge in [0.25, 0.3) is 0 Å². The minimum absolute atomic E-state index is 0.948. The lowest BCUT2D eigenvalue weighted by molar-refractivity contribution is 0.926. The molecule has 0 atom stereocenters. The molecule has 0 bridgehead atoms. The molecule has 0 N–H and O–H groups in total. The lowest BCUT2D eigenvalue weighted by atomic mass is 10.1. The molecule has 0 saturated carbocycles. The number of nitrogens with zero attached hydrogens (tertiary/aromatic N) is 2. The molecular formula is C22H23BrN2. The Kier molecular flexibility index (Phi) is 5.24. The molecule has 0 spiro atoms. The summed E-state index contributed by atoms with van der Waals surface area (Å²) in [5.41, 5.74) is 8.54. The predicted octanol–water partition coefficient (Wildman–Crippen LogP) is 6.48. The van der Waals surface area contributed by atoms with Gasteiger partial charge in [-0.15, -0.1) is 0 Å². The number of para-hydroxylation sites is 1. The first kappa shape index (κ1) is 17.7. The number of aliphatic imine (C=N–C) groups is 1. The van der Waals surface area contributed by atoms with Crippen molar-refractivity contribution in [3.63, 3.8) is 0 Å². The maximum atomic E-state index is 4.64. The third kappa shape index (κ3) is 3.62. The molecule has 0 radical (unpaired) electrons. The third-order valence-electron chi connectivity index (χ3n) is 4.56. The van der Waals surface area contributed by atoms with Crippen LogP contribution in [-0.2, 0) is 6.42 Å². The average molecular weight is 395 g/mol. The third-order valence-corrected chi connectivity index (χ3v) is 5.05. The zero-order valence-corrected chi connectivity index (χ0v) is 16.8. The summed E-state index contributed by atoms with van der Waals surface area (Å²) < 4.78 is 3.40. The second-order valence-corrected chi connectivity index (χ2v) is 7.25. The van der Waals surface area contributed by atoms with E-state index in [1.807, 2.05) is 30.5 Å². The van der Waals surface area contributed by atoms with Crippen molar-refractivity contribution in [3.05, 3.63) is 81.1 Å². The van der Waals surface area contributed by atoms with Crippen molar-refractivity contribution < 1.29 is 0 Å². The molecule has 3 rings (SSSR count). The summed E-state index contributed by atoms with van der Waals surface area (Å²) >= 11 is 3.49. The van der Waals surface area contributed by atoms with Gasteiger partial charge in [0.1, 0.15) is 0 Å². The van der Waals surface area contributed by atoms with Crippen molar-refractivity contribution in [3.8, 4) is 5.69 Å². The molecule has 25 heavy (non-hydrogen) atoms. The van der Waals surface area contributed by atoms with E-state index >= 15 is 0 Å². The fourth-order valence-corrected chi connectivity index (χ4v) is 3.68. The highest BCUT2D eigenvalue weighted by atomic mass is 79.9. The molecule has 2 nitrogen and oxygen atoms in total. The number of rotatable bonds is 4. The van der Waals surface area contributed by atoms with Gasteiger partial charge in [0.15, 0.2) is 0 Å². The lowest BCUT2D eigenvalue weighted by Gasteiger charge is -2.17. The van der Waals surface area contributed by atoms with E-state index in [1.165, 1.54) is 28.2 Å². The molecule has 1 aromatic heterocycles. The monoisotopic (exact) mass is 394 g/mol. The minimum atomic E-state index is 0.948. The summed E-state index contributed by atoms with van der Waals surface area (Å²) in [6.45, 7) is 8.72. The maximum absolute atomic E-state index is 4.64. The fourth-order valence-electron chi connectivity index (χ4n) is 3.29. The normalized spacial score (nSPS) is 11.4. The molecular weight excluding hydrogens is 372 g/mol. The Balaban J connectivity index is 2.06. The van der Waals surface area contributed by atoms with Gasteiger partial charge in [0.05, 0.1) is 11.4 Å². The van der Waals surface area contributed by atoms with Gasteiger partial charge in [0.2, 0.25) is 0 Å². The number of benzene rings is 2. The van der Waals surface area contributed by atoms with E-state index < -0.39 is 0 Å². The van der Waals surface area contributed by atoms with Gasteiger partial charge in [-0.25, -0.2) is 0 Å². The van der Waals surface area contributed by atoms with Crippen LogP contribution in [0.25, 0.3) is 5.69 Å². The van der Waals surface area contributed by atoms with E-state index in [1.54, 1.807) is 0 Å². The molecule has 0 amide bonds. The molecule has 128 valence electrons. The highest BCUT2D eigenvalue weighted by Gasteiger charge is 2.14. The van der Waals surface area contributed by atoms with E-state index in [9.17, 15) is 0 Å².